The highest BCUT2D eigenvalue weighted by Crippen LogP contribution is 2.27. The number of fused-ring (bicyclic) bond motifs is 1. The quantitative estimate of drug-likeness (QED) is 0.241. The molecular weight excluding hydrogens is 655 g/mol. The van der Waals surface area contributed by atoms with Crippen LogP contribution in [0.5, 0.6) is 11.5 Å². The minimum absolute atomic E-state index is 0.00265. The summed E-state index contributed by atoms with van der Waals surface area (Å²) in [6, 6.07) is 15.4. The van der Waals surface area contributed by atoms with Crippen molar-refractivity contribution in [2.45, 2.75) is 46.0 Å². The Bertz CT molecular complexity index is 1790. The van der Waals surface area contributed by atoms with Gasteiger partial charge in [0, 0.05) is 34.8 Å². The average Bonchev–Trinajstić information content (AvgIpc) is 3.29. The van der Waals surface area contributed by atoms with E-state index in [-0.39, 0.29) is 42.9 Å². The maximum Gasteiger partial charge on any atom is 0.333 e. The third-order valence-corrected chi connectivity index (χ3v) is 8.57. The highest BCUT2D eigenvalue weighted by atomic mass is 79.9. The molecule has 0 saturated carbocycles. The SMILES string of the molecule is COc1ccc([C@@H](C)NC(=O)c2c3n(c(=O)n2-c2ccc(OC(C)C)cc2)CCN(C(=O)c2ccc(Br)c(Cl)c2)C3)c(F)c1. The van der Waals surface area contributed by atoms with Crippen molar-refractivity contribution in [1.29, 1.82) is 0 Å². The number of aromatic nitrogens is 2. The van der Waals surface area contributed by atoms with Gasteiger partial charge in [0.1, 0.15) is 23.0 Å². The molecule has 0 saturated heterocycles. The molecule has 0 spiro atoms. The first-order valence-corrected chi connectivity index (χ1v) is 15.2. The van der Waals surface area contributed by atoms with E-state index in [1.807, 2.05) is 13.8 Å². The smallest absolute Gasteiger partial charge is 0.333 e. The van der Waals surface area contributed by atoms with Crippen molar-refractivity contribution in [2.75, 3.05) is 13.7 Å². The second kappa shape index (κ2) is 12.9. The highest BCUT2D eigenvalue weighted by molar-refractivity contribution is 9.10. The van der Waals surface area contributed by atoms with Crippen LogP contribution in [0.15, 0.2) is 69.9 Å². The second-order valence-corrected chi connectivity index (χ2v) is 11.9. The Morgan fingerprint density at radius 3 is 2.34 bits per heavy atom. The number of nitrogens with zero attached hydrogens (tertiary/aromatic N) is 3. The third kappa shape index (κ3) is 6.25. The highest BCUT2D eigenvalue weighted by Gasteiger charge is 2.33. The number of benzene rings is 3. The summed E-state index contributed by atoms with van der Waals surface area (Å²) in [5, 5.41) is 3.24. The number of hydrogen-bond acceptors (Lipinski definition) is 5. The van der Waals surface area contributed by atoms with Crippen molar-refractivity contribution in [3.8, 4) is 17.2 Å². The van der Waals surface area contributed by atoms with E-state index in [9.17, 15) is 18.8 Å². The molecule has 2 amide bonds. The van der Waals surface area contributed by atoms with Gasteiger partial charge in [-0.25, -0.2) is 9.18 Å². The maximum absolute atomic E-state index is 14.9. The van der Waals surface area contributed by atoms with Gasteiger partial charge in [0.2, 0.25) is 0 Å². The number of amides is 2. The standard InChI is InChI=1S/C32H31BrClFN4O5/c1-18(2)44-22-8-6-21(7-9-22)39-29(30(40)36-19(3)24-11-10-23(43-4)16-27(24)35)28-17-37(13-14-38(28)32(39)42)31(41)20-5-12-25(33)26(34)15-20/h5-12,15-16,18-19H,13-14,17H2,1-4H3,(H,36,40)/t19-/m1/s1. The van der Waals surface area contributed by atoms with E-state index in [4.69, 9.17) is 21.1 Å². The molecule has 0 radical (unpaired) electrons. The molecule has 2 heterocycles. The largest absolute Gasteiger partial charge is 0.497 e. The Morgan fingerprint density at radius 2 is 1.70 bits per heavy atom. The van der Waals surface area contributed by atoms with E-state index < -0.39 is 23.5 Å². The normalized spacial score (nSPS) is 13.4. The Labute approximate surface area is 267 Å². The van der Waals surface area contributed by atoms with E-state index in [0.29, 0.717) is 37.9 Å². The number of rotatable bonds is 8. The lowest BCUT2D eigenvalue weighted by Crippen LogP contribution is -2.41. The first-order chi connectivity index (χ1) is 21.0. The summed E-state index contributed by atoms with van der Waals surface area (Å²) in [4.78, 5) is 42.9. The minimum Gasteiger partial charge on any atom is -0.497 e. The number of imidazole rings is 1. The van der Waals surface area contributed by atoms with Gasteiger partial charge in [-0.1, -0.05) is 17.7 Å². The second-order valence-electron chi connectivity index (χ2n) is 10.7. The van der Waals surface area contributed by atoms with Crippen molar-refractivity contribution < 1.29 is 23.5 Å². The fourth-order valence-corrected chi connectivity index (χ4v) is 5.62. The van der Waals surface area contributed by atoms with Crippen LogP contribution in [0.3, 0.4) is 0 Å². The molecular formula is C32H31BrClFN4O5. The van der Waals surface area contributed by atoms with E-state index in [1.165, 1.54) is 22.3 Å². The van der Waals surface area contributed by atoms with Crippen molar-refractivity contribution in [1.82, 2.24) is 19.4 Å². The van der Waals surface area contributed by atoms with Crippen LogP contribution in [0.1, 0.15) is 58.9 Å². The van der Waals surface area contributed by atoms with Crippen LogP contribution in [-0.4, -0.2) is 45.6 Å². The molecule has 9 nitrogen and oxygen atoms in total. The van der Waals surface area contributed by atoms with Gasteiger partial charge >= 0.3 is 5.69 Å². The topological polar surface area (TPSA) is 94.8 Å². The predicted octanol–water partition coefficient (Wildman–Crippen LogP) is 6.14. The predicted molar refractivity (Wildman–Crippen MR) is 169 cm³/mol. The van der Waals surface area contributed by atoms with E-state index >= 15 is 0 Å². The van der Waals surface area contributed by atoms with Gasteiger partial charge in [-0.2, -0.15) is 0 Å². The molecule has 1 aliphatic heterocycles. The van der Waals surface area contributed by atoms with Crippen LogP contribution in [0.4, 0.5) is 4.39 Å². The van der Waals surface area contributed by atoms with Crippen molar-refractivity contribution in [2.24, 2.45) is 0 Å². The number of hydrogen-bond donors (Lipinski definition) is 1. The Kier molecular flexibility index (Phi) is 9.17. The zero-order valence-corrected chi connectivity index (χ0v) is 26.9. The van der Waals surface area contributed by atoms with E-state index in [2.05, 4.69) is 21.2 Å². The lowest BCUT2D eigenvalue weighted by molar-refractivity contribution is 0.0706. The van der Waals surface area contributed by atoms with Gasteiger partial charge in [0.25, 0.3) is 11.8 Å². The third-order valence-electron chi connectivity index (χ3n) is 7.34. The van der Waals surface area contributed by atoms with Crippen LogP contribution in [0, 0.1) is 5.82 Å². The molecule has 44 heavy (non-hydrogen) atoms. The fraction of sp³-hybridized carbons (Fsp3) is 0.281. The van der Waals surface area contributed by atoms with Crippen molar-refractivity contribution >= 4 is 39.3 Å². The lowest BCUT2D eigenvalue weighted by Gasteiger charge is -2.28. The molecule has 1 aromatic heterocycles. The summed E-state index contributed by atoms with van der Waals surface area (Å²) in [5.74, 6) is -0.468. The number of methoxy groups -OCH3 is 1. The lowest BCUT2D eigenvalue weighted by atomic mass is 10.1. The van der Waals surface area contributed by atoms with Gasteiger partial charge in [0.15, 0.2) is 0 Å². The summed E-state index contributed by atoms with van der Waals surface area (Å²) < 4.78 is 29.2. The summed E-state index contributed by atoms with van der Waals surface area (Å²) in [7, 11) is 1.44. The number of carbonyl (C=O) groups is 2. The van der Waals surface area contributed by atoms with Crippen molar-refractivity contribution in [3.63, 3.8) is 0 Å². The maximum atomic E-state index is 14.9. The zero-order chi connectivity index (χ0) is 31.7. The summed E-state index contributed by atoms with van der Waals surface area (Å²) in [6.07, 6.45) is -0.0457. The molecule has 1 N–H and O–H groups in total. The molecule has 5 rings (SSSR count). The van der Waals surface area contributed by atoms with Crippen LogP contribution in [0.25, 0.3) is 5.69 Å². The Balaban J connectivity index is 1.55. The van der Waals surface area contributed by atoms with Gasteiger partial charge in [-0.3, -0.25) is 18.7 Å². The minimum atomic E-state index is -0.749. The molecule has 1 atom stereocenters. The summed E-state index contributed by atoms with van der Waals surface area (Å²) >= 11 is 9.58. The molecule has 0 unspecified atom stereocenters. The molecule has 1 aliphatic rings. The first-order valence-electron chi connectivity index (χ1n) is 14.0. The summed E-state index contributed by atoms with van der Waals surface area (Å²) in [5.41, 5.74) is 1.06. The Morgan fingerprint density at radius 1 is 1.00 bits per heavy atom. The van der Waals surface area contributed by atoms with Crippen LogP contribution in [0.2, 0.25) is 5.02 Å². The molecule has 0 bridgehead atoms. The van der Waals surface area contributed by atoms with Crippen LogP contribution < -0.4 is 20.5 Å². The molecule has 4 aromatic rings. The van der Waals surface area contributed by atoms with E-state index in [0.717, 1.165) is 0 Å². The Hall–Kier alpha value is -4.09. The molecule has 230 valence electrons. The number of halogens is 3. The average molecular weight is 686 g/mol. The van der Waals surface area contributed by atoms with E-state index in [1.54, 1.807) is 66.4 Å². The van der Waals surface area contributed by atoms with Gasteiger partial charge in [-0.05, 0) is 85.2 Å². The van der Waals surface area contributed by atoms with Crippen molar-refractivity contribution in [3.05, 3.63) is 109 Å². The van der Waals surface area contributed by atoms with Gasteiger partial charge < -0.3 is 19.7 Å². The van der Waals surface area contributed by atoms with Gasteiger partial charge in [0.05, 0.1) is 42.2 Å². The molecule has 0 aliphatic carbocycles. The van der Waals surface area contributed by atoms with Gasteiger partial charge in [-0.15, -0.1) is 0 Å². The zero-order valence-electron chi connectivity index (χ0n) is 24.6. The number of carbonyl (C=O) groups excluding carboxylic acids is 2. The first kappa shape index (κ1) is 31.3. The van der Waals surface area contributed by atoms with Crippen LogP contribution >= 0.6 is 27.5 Å². The monoisotopic (exact) mass is 684 g/mol. The number of nitrogens with one attached hydrogen (secondary N) is 1. The van der Waals surface area contributed by atoms with Crippen LogP contribution in [-0.2, 0) is 13.1 Å². The molecule has 0 fully saturated rings. The summed E-state index contributed by atoms with van der Waals surface area (Å²) in [6.45, 7) is 5.89. The fourth-order valence-electron chi connectivity index (χ4n) is 5.19. The number of ether oxygens (including phenoxy) is 2. The molecule has 3 aromatic carbocycles. The molecule has 12 heteroatoms.